The molecule has 3 aromatic rings. The SMILES string of the molecule is CC(C)c1ccc(/C=N/Nc2nc(-c3ccc(Cl)cc3)cs2)cc1. The van der Waals surface area contributed by atoms with E-state index < -0.39 is 0 Å². The molecule has 0 fully saturated rings. The molecule has 1 heterocycles. The number of nitrogens with one attached hydrogen (secondary N) is 1. The predicted molar refractivity (Wildman–Crippen MR) is 104 cm³/mol. The second-order valence-corrected chi connectivity index (χ2v) is 7.03. The summed E-state index contributed by atoms with van der Waals surface area (Å²) in [6.07, 6.45) is 1.80. The van der Waals surface area contributed by atoms with Crippen LogP contribution in [-0.4, -0.2) is 11.2 Å². The molecule has 0 atom stereocenters. The van der Waals surface area contributed by atoms with Gasteiger partial charge < -0.3 is 0 Å². The number of nitrogens with zero attached hydrogens (tertiary/aromatic N) is 2. The first-order chi connectivity index (χ1) is 11.6. The molecule has 122 valence electrons. The van der Waals surface area contributed by atoms with Crippen molar-refractivity contribution >= 4 is 34.3 Å². The Balaban J connectivity index is 1.63. The van der Waals surface area contributed by atoms with Crippen LogP contribution in [0.2, 0.25) is 5.02 Å². The number of thiazole rings is 1. The monoisotopic (exact) mass is 355 g/mol. The van der Waals surface area contributed by atoms with Crippen LogP contribution in [-0.2, 0) is 0 Å². The van der Waals surface area contributed by atoms with Gasteiger partial charge in [-0.3, -0.25) is 5.43 Å². The Morgan fingerprint density at radius 1 is 1.08 bits per heavy atom. The second-order valence-electron chi connectivity index (χ2n) is 5.74. The van der Waals surface area contributed by atoms with Crippen molar-refractivity contribution in [3.63, 3.8) is 0 Å². The molecule has 0 bridgehead atoms. The Morgan fingerprint density at radius 2 is 1.79 bits per heavy atom. The van der Waals surface area contributed by atoms with E-state index in [1.54, 1.807) is 6.21 Å². The van der Waals surface area contributed by atoms with Gasteiger partial charge in [-0.1, -0.05) is 61.8 Å². The zero-order valence-electron chi connectivity index (χ0n) is 13.5. The minimum atomic E-state index is 0.538. The lowest BCUT2D eigenvalue weighted by atomic mass is 10.0. The fourth-order valence-electron chi connectivity index (χ4n) is 2.21. The summed E-state index contributed by atoms with van der Waals surface area (Å²) in [5.41, 5.74) is 7.32. The number of rotatable bonds is 5. The number of halogens is 1. The first-order valence-corrected chi connectivity index (χ1v) is 8.98. The lowest BCUT2D eigenvalue weighted by Crippen LogP contribution is -1.91. The molecular weight excluding hydrogens is 338 g/mol. The van der Waals surface area contributed by atoms with Gasteiger partial charge in [0.15, 0.2) is 0 Å². The van der Waals surface area contributed by atoms with Crippen LogP contribution >= 0.6 is 22.9 Å². The first-order valence-electron chi connectivity index (χ1n) is 7.72. The van der Waals surface area contributed by atoms with Gasteiger partial charge in [0.1, 0.15) is 0 Å². The fraction of sp³-hybridized carbons (Fsp3) is 0.158. The summed E-state index contributed by atoms with van der Waals surface area (Å²) in [5, 5.41) is 7.74. The van der Waals surface area contributed by atoms with Crippen molar-refractivity contribution in [1.29, 1.82) is 0 Å². The summed E-state index contributed by atoms with van der Waals surface area (Å²) in [4.78, 5) is 4.53. The Labute approximate surface area is 151 Å². The summed E-state index contributed by atoms with van der Waals surface area (Å²) in [5.74, 6) is 0.538. The van der Waals surface area contributed by atoms with E-state index in [1.807, 2.05) is 29.6 Å². The molecule has 5 heteroatoms. The van der Waals surface area contributed by atoms with Gasteiger partial charge in [-0.2, -0.15) is 5.10 Å². The smallest absolute Gasteiger partial charge is 0.203 e. The second kappa shape index (κ2) is 7.60. The Morgan fingerprint density at radius 3 is 2.46 bits per heavy atom. The van der Waals surface area contributed by atoms with Gasteiger partial charge in [0.05, 0.1) is 11.9 Å². The molecule has 0 aliphatic carbocycles. The predicted octanol–water partition coefficient (Wildman–Crippen LogP) is 6.03. The van der Waals surface area contributed by atoms with E-state index in [-0.39, 0.29) is 0 Å². The minimum Gasteiger partial charge on any atom is -0.253 e. The summed E-state index contributed by atoms with van der Waals surface area (Å²) >= 11 is 7.43. The Kier molecular flexibility index (Phi) is 5.28. The van der Waals surface area contributed by atoms with Gasteiger partial charge in [0.2, 0.25) is 5.13 Å². The van der Waals surface area contributed by atoms with Crippen LogP contribution in [0.3, 0.4) is 0 Å². The van der Waals surface area contributed by atoms with Gasteiger partial charge in [-0.15, -0.1) is 11.3 Å². The van der Waals surface area contributed by atoms with Crippen molar-refractivity contribution in [1.82, 2.24) is 4.98 Å². The quantitative estimate of drug-likeness (QED) is 0.448. The molecule has 1 aromatic heterocycles. The summed E-state index contributed by atoms with van der Waals surface area (Å²) in [7, 11) is 0. The van der Waals surface area contributed by atoms with Gasteiger partial charge in [0.25, 0.3) is 0 Å². The van der Waals surface area contributed by atoms with Gasteiger partial charge >= 0.3 is 0 Å². The summed E-state index contributed by atoms with van der Waals surface area (Å²) in [6.45, 7) is 4.37. The average Bonchev–Trinajstić information content (AvgIpc) is 3.05. The van der Waals surface area contributed by atoms with Crippen molar-refractivity contribution < 1.29 is 0 Å². The molecule has 3 rings (SSSR count). The molecule has 0 unspecified atom stereocenters. The van der Waals surface area contributed by atoms with E-state index in [9.17, 15) is 0 Å². The van der Waals surface area contributed by atoms with E-state index in [0.29, 0.717) is 5.92 Å². The Hall–Kier alpha value is -2.17. The number of benzene rings is 2. The van der Waals surface area contributed by atoms with Crippen molar-refractivity contribution in [2.75, 3.05) is 5.43 Å². The third-order valence-electron chi connectivity index (χ3n) is 3.62. The highest BCUT2D eigenvalue weighted by Gasteiger charge is 2.03. The van der Waals surface area contributed by atoms with Gasteiger partial charge in [-0.25, -0.2) is 4.98 Å². The Bertz CT molecular complexity index is 821. The van der Waals surface area contributed by atoms with Crippen LogP contribution in [0.4, 0.5) is 5.13 Å². The van der Waals surface area contributed by atoms with Gasteiger partial charge in [0, 0.05) is 16.0 Å². The highest BCUT2D eigenvalue weighted by atomic mass is 35.5. The molecule has 24 heavy (non-hydrogen) atoms. The molecule has 0 radical (unpaired) electrons. The van der Waals surface area contributed by atoms with Crippen LogP contribution < -0.4 is 5.43 Å². The number of hydrogen-bond acceptors (Lipinski definition) is 4. The molecule has 0 saturated carbocycles. The third-order valence-corrected chi connectivity index (χ3v) is 4.62. The van der Waals surface area contributed by atoms with E-state index in [4.69, 9.17) is 11.6 Å². The van der Waals surface area contributed by atoms with E-state index in [0.717, 1.165) is 27.0 Å². The number of aromatic nitrogens is 1. The standard InChI is InChI=1S/C19H18ClN3S/c1-13(2)15-5-3-14(4-6-15)11-21-23-19-22-18(12-24-19)16-7-9-17(20)10-8-16/h3-13H,1-2H3,(H,22,23)/b21-11+. The van der Waals surface area contributed by atoms with Crippen molar-refractivity contribution in [3.8, 4) is 11.3 Å². The number of anilines is 1. The minimum absolute atomic E-state index is 0.538. The van der Waals surface area contributed by atoms with Crippen LogP contribution in [0.5, 0.6) is 0 Å². The summed E-state index contributed by atoms with van der Waals surface area (Å²) in [6, 6.07) is 16.1. The van der Waals surface area contributed by atoms with E-state index in [1.165, 1.54) is 16.9 Å². The zero-order valence-corrected chi connectivity index (χ0v) is 15.1. The fourth-order valence-corrected chi connectivity index (χ4v) is 3.00. The maximum atomic E-state index is 5.91. The molecule has 0 saturated heterocycles. The maximum Gasteiger partial charge on any atom is 0.203 e. The van der Waals surface area contributed by atoms with E-state index >= 15 is 0 Å². The van der Waals surface area contributed by atoms with Crippen molar-refractivity contribution in [3.05, 3.63) is 70.1 Å². The molecule has 1 N–H and O–H groups in total. The first kappa shape index (κ1) is 16.7. The van der Waals surface area contributed by atoms with Gasteiger partial charge in [-0.05, 0) is 29.2 Å². The maximum absolute atomic E-state index is 5.91. The topological polar surface area (TPSA) is 37.3 Å². The lowest BCUT2D eigenvalue weighted by Gasteiger charge is -2.04. The molecule has 0 spiro atoms. The number of hydrazone groups is 1. The normalized spacial score (nSPS) is 11.3. The van der Waals surface area contributed by atoms with Crippen molar-refractivity contribution in [2.24, 2.45) is 5.10 Å². The van der Waals surface area contributed by atoms with E-state index in [2.05, 4.69) is 53.6 Å². The molecule has 0 aliphatic heterocycles. The van der Waals surface area contributed by atoms with Crippen LogP contribution in [0.1, 0.15) is 30.9 Å². The average molecular weight is 356 g/mol. The highest BCUT2D eigenvalue weighted by molar-refractivity contribution is 7.14. The van der Waals surface area contributed by atoms with Crippen LogP contribution in [0.15, 0.2) is 59.0 Å². The molecule has 0 aliphatic rings. The number of hydrogen-bond donors (Lipinski definition) is 1. The third kappa shape index (κ3) is 4.22. The molecular formula is C19H18ClN3S. The molecule has 3 nitrogen and oxygen atoms in total. The van der Waals surface area contributed by atoms with Crippen LogP contribution in [0.25, 0.3) is 11.3 Å². The lowest BCUT2D eigenvalue weighted by molar-refractivity contribution is 0.866. The molecule has 2 aromatic carbocycles. The zero-order chi connectivity index (χ0) is 16.9. The molecule has 0 amide bonds. The largest absolute Gasteiger partial charge is 0.253 e. The highest BCUT2D eigenvalue weighted by Crippen LogP contribution is 2.25. The van der Waals surface area contributed by atoms with Crippen molar-refractivity contribution in [2.45, 2.75) is 19.8 Å². The summed E-state index contributed by atoms with van der Waals surface area (Å²) < 4.78 is 0. The van der Waals surface area contributed by atoms with Crippen LogP contribution in [0, 0.1) is 0 Å².